The van der Waals surface area contributed by atoms with E-state index in [-0.39, 0.29) is 11.7 Å². The minimum Gasteiger partial charge on any atom is -0.325 e. The SMILES string of the molecule is C/C=C/Cc1c(C)nc(SCC(=O)Nc2cc(Br)cc(Br)c2)c(C#N)c1C. The van der Waals surface area contributed by atoms with Crippen molar-refractivity contribution in [2.45, 2.75) is 32.2 Å². The van der Waals surface area contributed by atoms with E-state index in [4.69, 9.17) is 0 Å². The van der Waals surface area contributed by atoms with Crippen molar-refractivity contribution in [1.29, 1.82) is 5.26 Å². The van der Waals surface area contributed by atoms with Gasteiger partial charge in [-0.3, -0.25) is 4.79 Å². The van der Waals surface area contributed by atoms with E-state index >= 15 is 0 Å². The summed E-state index contributed by atoms with van der Waals surface area (Å²) >= 11 is 8.08. The van der Waals surface area contributed by atoms with Crippen LogP contribution >= 0.6 is 43.6 Å². The summed E-state index contributed by atoms with van der Waals surface area (Å²) in [7, 11) is 0. The highest BCUT2D eigenvalue weighted by Crippen LogP contribution is 2.28. The van der Waals surface area contributed by atoms with Crippen LogP contribution in [-0.2, 0) is 11.2 Å². The lowest BCUT2D eigenvalue weighted by molar-refractivity contribution is -0.113. The van der Waals surface area contributed by atoms with Crippen molar-refractivity contribution in [3.8, 4) is 6.07 Å². The highest BCUT2D eigenvalue weighted by atomic mass is 79.9. The fraction of sp³-hybridized carbons (Fsp3) is 0.250. The van der Waals surface area contributed by atoms with Crippen LogP contribution in [0.15, 0.2) is 44.3 Å². The molecular weight excluding hydrogens is 490 g/mol. The van der Waals surface area contributed by atoms with Crippen molar-refractivity contribution >= 4 is 55.2 Å². The molecule has 0 aliphatic heterocycles. The van der Waals surface area contributed by atoms with Gasteiger partial charge in [-0.2, -0.15) is 5.26 Å². The molecule has 0 radical (unpaired) electrons. The zero-order chi connectivity index (χ0) is 20.0. The molecule has 0 saturated heterocycles. The van der Waals surface area contributed by atoms with Crippen molar-refractivity contribution in [3.05, 3.63) is 61.7 Å². The fourth-order valence-electron chi connectivity index (χ4n) is 2.59. The second-order valence-corrected chi connectivity index (χ2v) is 8.66. The molecule has 1 aromatic heterocycles. The number of benzene rings is 1. The molecule has 2 aromatic rings. The van der Waals surface area contributed by atoms with Gasteiger partial charge >= 0.3 is 0 Å². The van der Waals surface area contributed by atoms with Gasteiger partial charge in [0.15, 0.2) is 0 Å². The Hall–Kier alpha value is -1.62. The molecular formula is C20H19Br2N3OS. The van der Waals surface area contributed by atoms with Crippen LogP contribution in [0, 0.1) is 25.2 Å². The number of nitriles is 1. The molecule has 4 nitrogen and oxygen atoms in total. The lowest BCUT2D eigenvalue weighted by Gasteiger charge is -2.13. The van der Waals surface area contributed by atoms with E-state index in [1.807, 2.05) is 45.0 Å². The van der Waals surface area contributed by atoms with Gasteiger partial charge in [0.25, 0.3) is 0 Å². The Morgan fingerprint density at radius 3 is 2.56 bits per heavy atom. The quantitative estimate of drug-likeness (QED) is 0.387. The summed E-state index contributed by atoms with van der Waals surface area (Å²) in [5.41, 5.74) is 4.13. The lowest BCUT2D eigenvalue weighted by Crippen LogP contribution is -2.14. The van der Waals surface area contributed by atoms with Crippen LogP contribution < -0.4 is 5.32 Å². The molecule has 7 heteroatoms. The molecule has 0 spiro atoms. The van der Waals surface area contributed by atoms with E-state index in [0.29, 0.717) is 16.3 Å². The van der Waals surface area contributed by atoms with E-state index in [1.165, 1.54) is 11.8 Å². The third-order valence-corrected chi connectivity index (χ3v) is 5.79. The zero-order valence-corrected chi connectivity index (χ0v) is 19.3. The normalized spacial score (nSPS) is 10.8. The first-order valence-corrected chi connectivity index (χ1v) is 10.8. The number of allylic oxidation sites excluding steroid dienone is 2. The number of thioether (sulfide) groups is 1. The van der Waals surface area contributed by atoms with Crippen LogP contribution in [0.25, 0.3) is 0 Å². The minimum absolute atomic E-state index is 0.149. The number of amides is 1. The fourth-order valence-corrected chi connectivity index (χ4v) is 4.77. The molecule has 1 aromatic carbocycles. The molecule has 0 aliphatic carbocycles. The number of carbonyl (C=O) groups is 1. The average molecular weight is 509 g/mol. The van der Waals surface area contributed by atoms with Crippen LogP contribution in [0.2, 0.25) is 0 Å². The largest absolute Gasteiger partial charge is 0.325 e. The van der Waals surface area contributed by atoms with Gasteiger partial charge in [-0.25, -0.2) is 4.98 Å². The van der Waals surface area contributed by atoms with Gasteiger partial charge in [-0.05, 0) is 56.5 Å². The number of rotatable bonds is 6. The summed E-state index contributed by atoms with van der Waals surface area (Å²) < 4.78 is 1.74. The van der Waals surface area contributed by atoms with Crippen molar-refractivity contribution in [2.75, 3.05) is 11.1 Å². The molecule has 0 atom stereocenters. The number of nitrogens with zero attached hydrogens (tertiary/aromatic N) is 2. The Morgan fingerprint density at radius 1 is 1.30 bits per heavy atom. The highest BCUT2D eigenvalue weighted by Gasteiger charge is 2.16. The third-order valence-electron chi connectivity index (χ3n) is 3.90. The molecule has 0 unspecified atom stereocenters. The smallest absolute Gasteiger partial charge is 0.234 e. The predicted octanol–water partition coefficient (Wildman–Crippen LogP) is 5.94. The summed E-state index contributed by atoms with van der Waals surface area (Å²) in [4.78, 5) is 16.9. The molecule has 0 saturated carbocycles. The zero-order valence-electron chi connectivity index (χ0n) is 15.3. The predicted molar refractivity (Wildman–Crippen MR) is 118 cm³/mol. The molecule has 27 heavy (non-hydrogen) atoms. The molecule has 0 bridgehead atoms. The number of carbonyl (C=O) groups excluding carboxylic acids is 1. The summed E-state index contributed by atoms with van der Waals surface area (Å²) in [5.74, 6) is 0.0304. The van der Waals surface area contributed by atoms with Gasteiger partial charge in [0.2, 0.25) is 5.91 Å². The van der Waals surface area contributed by atoms with Crippen LogP contribution in [0.1, 0.15) is 29.3 Å². The van der Waals surface area contributed by atoms with Crippen molar-refractivity contribution < 1.29 is 4.79 Å². The van der Waals surface area contributed by atoms with Gasteiger partial charge in [0, 0.05) is 20.3 Å². The Kier molecular flexibility index (Phi) is 8.08. The summed E-state index contributed by atoms with van der Waals surface area (Å²) in [5, 5.41) is 13.0. The van der Waals surface area contributed by atoms with Crippen LogP contribution in [0.3, 0.4) is 0 Å². The van der Waals surface area contributed by atoms with Crippen molar-refractivity contribution in [2.24, 2.45) is 0 Å². The van der Waals surface area contributed by atoms with Gasteiger partial charge in [-0.15, -0.1) is 0 Å². The second-order valence-electron chi connectivity index (χ2n) is 5.86. The first-order chi connectivity index (χ1) is 12.8. The number of aromatic nitrogens is 1. The number of hydrogen-bond donors (Lipinski definition) is 1. The van der Waals surface area contributed by atoms with Gasteiger partial charge in [0.1, 0.15) is 11.1 Å². The molecule has 0 fully saturated rings. The van der Waals surface area contributed by atoms with E-state index in [1.54, 1.807) is 0 Å². The molecule has 1 amide bonds. The molecule has 0 aliphatic rings. The van der Waals surface area contributed by atoms with Crippen LogP contribution in [0.5, 0.6) is 0 Å². The monoisotopic (exact) mass is 507 g/mol. The van der Waals surface area contributed by atoms with E-state index in [0.717, 1.165) is 32.2 Å². The van der Waals surface area contributed by atoms with Gasteiger partial charge < -0.3 is 5.32 Å². The van der Waals surface area contributed by atoms with Crippen molar-refractivity contribution in [1.82, 2.24) is 4.98 Å². The maximum absolute atomic E-state index is 12.3. The van der Waals surface area contributed by atoms with E-state index in [2.05, 4.69) is 54.3 Å². The average Bonchev–Trinajstić information content (AvgIpc) is 2.58. The molecule has 140 valence electrons. The summed E-state index contributed by atoms with van der Waals surface area (Å²) in [6.07, 6.45) is 4.78. The van der Waals surface area contributed by atoms with Crippen LogP contribution in [0.4, 0.5) is 5.69 Å². The van der Waals surface area contributed by atoms with Gasteiger partial charge in [0.05, 0.1) is 11.3 Å². The molecule has 1 heterocycles. The minimum atomic E-state index is -0.149. The number of aryl methyl sites for hydroxylation is 1. The summed E-state index contributed by atoms with van der Waals surface area (Å²) in [6, 6.07) is 7.80. The second kappa shape index (κ2) is 10.1. The number of hydrogen-bond acceptors (Lipinski definition) is 4. The first kappa shape index (κ1) is 21.7. The third kappa shape index (κ3) is 5.93. The highest BCUT2D eigenvalue weighted by molar-refractivity contribution is 9.11. The Morgan fingerprint density at radius 2 is 1.96 bits per heavy atom. The molecule has 1 N–H and O–H groups in total. The van der Waals surface area contributed by atoms with Crippen molar-refractivity contribution in [3.63, 3.8) is 0 Å². The Labute approximate surface area is 180 Å². The van der Waals surface area contributed by atoms with Gasteiger partial charge in [-0.1, -0.05) is 55.8 Å². The standard InChI is InChI=1S/C20H19Br2N3OS/c1-4-5-6-17-12(2)18(10-23)20(24-13(17)3)27-11-19(26)25-16-8-14(21)7-15(22)9-16/h4-5,7-9H,6,11H2,1-3H3,(H,25,26)/b5-4+. The van der Waals surface area contributed by atoms with E-state index in [9.17, 15) is 10.1 Å². The number of anilines is 1. The maximum atomic E-state index is 12.3. The first-order valence-electron chi connectivity index (χ1n) is 8.25. The Balaban J connectivity index is 2.15. The van der Waals surface area contributed by atoms with E-state index < -0.39 is 0 Å². The lowest BCUT2D eigenvalue weighted by atomic mass is 10.0. The van der Waals surface area contributed by atoms with Crippen LogP contribution in [-0.4, -0.2) is 16.6 Å². The number of pyridine rings is 1. The topological polar surface area (TPSA) is 65.8 Å². The Bertz CT molecular complexity index is 916. The maximum Gasteiger partial charge on any atom is 0.234 e. The number of nitrogens with one attached hydrogen (secondary N) is 1. The number of halogens is 2. The molecule has 2 rings (SSSR count). The summed E-state index contributed by atoms with van der Waals surface area (Å²) in [6.45, 7) is 5.85.